The Morgan fingerprint density at radius 3 is 2.79 bits per heavy atom. The van der Waals surface area contributed by atoms with Crippen molar-refractivity contribution in [3.05, 3.63) is 39.7 Å². The number of hydrogen-bond donors (Lipinski definition) is 0. The monoisotopic (exact) mass is 267 g/mol. The van der Waals surface area contributed by atoms with Crippen molar-refractivity contribution in [1.82, 2.24) is 0 Å². The molecule has 1 saturated carbocycles. The zero-order chi connectivity index (χ0) is 13.8. The molecule has 6 heteroatoms. The topological polar surface area (TPSA) is 69.4 Å². The molecule has 1 aromatic rings. The van der Waals surface area contributed by atoms with Crippen molar-refractivity contribution in [2.45, 2.75) is 25.7 Å². The van der Waals surface area contributed by atoms with Gasteiger partial charge in [-0.25, -0.2) is 9.18 Å². The zero-order valence-electron chi connectivity index (χ0n) is 10.3. The van der Waals surface area contributed by atoms with Crippen LogP contribution in [-0.2, 0) is 4.74 Å². The van der Waals surface area contributed by atoms with Crippen LogP contribution in [0.3, 0.4) is 0 Å². The summed E-state index contributed by atoms with van der Waals surface area (Å²) in [5.41, 5.74) is -0.713. The van der Waals surface area contributed by atoms with E-state index in [-0.39, 0.29) is 17.9 Å². The van der Waals surface area contributed by atoms with Crippen molar-refractivity contribution in [1.29, 1.82) is 0 Å². The van der Waals surface area contributed by atoms with Gasteiger partial charge in [0, 0.05) is 12.1 Å². The number of carbonyl (C=O) groups is 1. The SMILES string of the molecule is O=C(OCCC1CCC1)c1cc([N+](=O)[O-])ccc1F. The number of hydrogen-bond acceptors (Lipinski definition) is 4. The first-order chi connectivity index (χ1) is 9.08. The Hall–Kier alpha value is -1.98. The van der Waals surface area contributed by atoms with Crippen molar-refractivity contribution >= 4 is 11.7 Å². The van der Waals surface area contributed by atoms with Gasteiger partial charge in [-0.05, 0) is 18.4 Å². The highest BCUT2D eigenvalue weighted by Crippen LogP contribution is 2.29. The minimum Gasteiger partial charge on any atom is -0.462 e. The molecular formula is C13H14FNO4. The molecule has 0 aliphatic heterocycles. The molecule has 0 bridgehead atoms. The van der Waals surface area contributed by atoms with E-state index in [4.69, 9.17) is 4.74 Å². The molecule has 0 aromatic heterocycles. The second-order valence-corrected chi connectivity index (χ2v) is 4.64. The molecule has 1 aliphatic rings. The van der Waals surface area contributed by atoms with Gasteiger partial charge in [-0.3, -0.25) is 10.1 Å². The molecule has 0 atom stereocenters. The van der Waals surface area contributed by atoms with Crippen LogP contribution in [0.5, 0.6) is 0 Å². The molecular weight excluding hydrogens is 253 g/mol. The molecule has 0 saturated heterocycles. The van der Waals surface area contributed by atoms with Crippen LogP contribution in [-0.4, -0.2) is 17.5 Å². The highest BCUT2D eigenvalue weighted by atomic mass is 19.1. The van der Waals surface area contributed by atoms with Crippen LogP contribution in [0.1, 0.15) is 36.0 Å². The van der Waals surface area contributed by atoms with Gasteiger partial charge in [0.25, 0.3) is 5.69 Å². The lowest BCUT2D eigenvalue weighted by atomic mass is 9.83. The van der Waals surface area contributed by atoms with Gasteiger partial charge in [-0.2, -0.15) is 0 Å². The van der Waals surface area contributed by atoms with E-state index < -0.39 is 16.7 Å². The Morgan fingerprint density at radius 2 is 2.21 bits per heavy atom. The second-order valence-electron chi connectivity index (χ2n) is 4.64. The predicted octanol–water partition coefficient (Wildman–Crippen LogP) is 3.08. The summed E-state index contributed by atoms with van der Waals surface area (Å²) >= 11 is 0. The Balaban J connectivity index is 1.96. The number of non-ortho nitro benzene ring substituents is 1. The molecule has 0 unspecified atom stereocenters. The van der Waals surface area contributed by atoms with Crippen molar-refractivity contribution in [2.75, 3.05) is 6.61 Å². The summed E-state index contributed by atoms with van der Waals surface area (Å²) in [5, 5.41) is 10.6. The summed E-state index contributed by atoms with van der Waals surface area (Å²) in [6, 6.07) is 2.82. The fourth-order valence-corrected chi connectivity index (χ4v) is 1.96. The summed E-state index contributed by atoms with van der Waals surface area (Å²) in [6.07, 6.45) is 4.26. The molecule has 19 heavy (non-hydrogen) atoms. The molecule has 1 aromatic carbocycles. The van der Waals surface area contributed by atoms with Gasteiger partial charge in [0.1, 0.15) is 11.4 Å². The van der Waals surface area contributed by atoms with E-state index in [0.29, 0.717) is 5.92 Å². The Morgan fingerprint density at radius 1 is 1.47 bits per heavy atom. The van der Waals surface area contributed by atoms with Gasteiger partial charge < -0.3 is 4.74 Å². The third-order valence-electron chi connectivity index (χ3n) is 3.36. The van der Waals surface area contributed by atoms with Crippen LogP contribution in [0.4, 0.5) is 10.1 Å². The minimum absolute atomic E-state index is 0.228. The van der Waals surface area contributed by atoms with Gasteiger partial charge in [-0.1, -0.05) is 19.3 Å². The lowest BCUT2D eigenvalue weighted by Crippen LogP contribution is -2.16. The van der Waals surface area contributed by atoms with E-state index in [9.17, 15) is 19.3 Å². The summed E-state index contributed by atoms with van der Waals surface area (Å²) < 4.78 is 18.4. The second kappa shape index (κ2) is 5.77. The molecule has 0 N–H and O–H groups in total. The minimum atomic E-state index is -0.847. The highest BCUT2D eigenvalue weighted by molar-refractivity contribution is 5.90. The van der Waals surface area contributed by atoms with E-state index in [1.54, 1.807) is 0 Å². The number of ether oxygens (including phenoxy) is 1. The summed E-state index contributed by atoms with van der Waals surface area (Å²) in [6.45, 7) is 0.228. The maximum absolute atomic E-state index is 13.4. The van der Waals surface area contributed by atoms with Gasteiger partial charge in [0.2, 0.25) is 0 Å². The molecule has 0 spiro atoms. The fourth-order valence-electron chi connectivity index (χ4n) is 1.96. The van der Waals surface area contributed by atoms with Crippen LogP contribution in [0.15, 0.2) is 18.2 Å². The number of nitro benzene ring substituents is 1. The van der Waals surface area contributed by atoms with Gasteiger partial charge in [-0.15, -0.1) is 0 Å². The lowest BCUT2D eigenvalue weighted by molar-refractivity contribution is -0.384. The Bertz CT molecular complexity index is 499. The fraction of sp³-hybridized carbons (Fsp3) is 0.462. The van der Waals surface area contributed by atoms with E-state index >= 15 is 0 Å². The van der Waals surface area contributed by atoms with Crippen LogP contribution in [0, 0.1) is 21.8 Å². The zero-order valence-corrected chi connectivity index (χ0v) is 10.3. The molecule has 5 nitrogen and oxygen atoms in total. The van der Waals surface area contributed by atoms with Crippen LogP contribution >= 0.6 is 0 Å². The average Bonchev–Trinajstić information content (AvgIpc) is 2.32. The van der Waals surface area contributed by atoms with E-state index in [0.717, 1.165) is 37.5 Å². The van der Waals surface area contributed by atoms with E-state index in [1.807, 2.05) is 0 Å². The van der Waals surface area contributed by atoms with Crippen LogP contribution in [0.2, 0.25) is 0 Å². The number of carbonyl (C=O) groups excluding carboxylic acids is 1. The first-order valence-corrected chi connectivity index (χ1v) is 6.19. The van der Waals surface area contributed by atoms with Gasteiger partial charge >= 0.3 is 5.97 Å². The maximum Gasteiger partial charge on any atom is 0.341 e. The van der Waals surface area contributed by atoms with E-state index in [1.165, 1.54) is 6.42 Å². The number of nitro groups is 1. The van der Waals surface area contributed by atoms with Crippen molar-refractivity contribution in [3.8, 4) is 0 Å². The number of halogens is 1. The first-order valence-electron chi connectivity index (χ1n) is 6.19. The number of esters is 1. The quantitative estimate of drug-likeness (QED) is 0.467. The van der Waals surface area contributed by atoms with Crippen molar-refractivity contribution < 1.29 is 18.8 Å². The number of nitrogens with zero attached hydrogens (tertiary/aromatic N) is 1. The standard InChI is InChI=1S/C13H14FNO4/c14-12-5-4-10(15(17)18)8-11(12)13(16)19-7-6-9-2-1-3-9/h4-5,8-9H,1-3,6-7H2. The Labute approximate surface area is 109 Å². The summed E-state index contributed by atoms with van der Waals surface area (Å²) in [7, 11) is 0. The predicted molar refractivity (Wildman–Crippen MR) is 65.3 cm³/mol. The average molecular weight is 267 g/mol. The molecule has 0 heterocycles. The normalized spacial score (nSPS) is 14.8. The first kappa shape index (κ1) is 13.5. The number of rotatable bonds is 5. The van der Waals surface area contributed by atoms with Gasteiger partial charge in [0.05, 0.1) is 11.5 Å². The molecule has 0 radical (unpaired) electrons. The van der Waals surface area contributed by atoms with Crippen LogP contribution in [0.25, 0.3) is 0 Å². The number of benzene rings is 1. The van der Waals surface area contributed by atoms with Crippen molar-refractivity contribution in [2.24, 2.45) is 5.92 Å². The summed E-state index contributed by atoms with van der Waals surface area (Å²) in [4.78, 5) is 21.5. The van der Waals surface area contributed by atoms with E-state index in [2.05, 4.69) is 0 Å². The molecule has 2 rings (SSSR count). The van der Waals surface area contributed by atoms with Crippen LogP contribution < -0.4 is 0 Å². The molecule has 0 amide bonds. The molecule has 1 fully saturated rings. The van der Waals surface area contributed by atoms with Gasteiger partial charge in [0.15, 0.2) is 0 Å². The maximum atomic E-state index is 13.4. The molecule has 1 aliphatic carbocycles. The lowest BCUT2D eigenvalue weighted by Gasteiger charge is -2.24. The molecule has 102 valence electrons. The summed E-state index contributed by atoms with van der Waals surface area (Å²) in [5.74, 6) is -1.07. The third kappa shape index (κ3) is 3.27. The highest BCUT2D eigenvalue weighted by Gasteiger charge is 2.20. The smallest absolute Gasteiger partial charge is 0.341 e. The van der Waals surface area contributed by atoms with Crippen molar-refractivity contribution in [3.63, 3.8) is 0 Å². The largest absolute Gasteiger partial charge is 0.462 e. The Kier molecular flexibility index (Phi) is 4.09. The third-order valence-corrected chi connectivity index (χ3v) is 3.36.